The quantitative estimate of drug-likeness (QED) is 0.894. The van der Waals surface area contributed by atoms with E-state index in [-0.39, 0.29) is 24.1 Å². The van der Waals surface area contributed by atoms with E-state index in [1.54, 1.807) is 23.9 Å². The van der Waals surface area contributed by atoms with E-state index in [0.29, 0.717) is 35.0 Å². The minimum absolute atomic E-state index is 0. The van der Waals surface area contributed by atoms with Crippen molar-refractivity contribution in [2.75, 3.05) is 13.3 Å². The molecule has 2 unspecified atom stereocenters. The number of benzene rings is 1. The topological polar surface area (TPSA) is 32.3 Å². The second-order valence-corrected chi connectivity index (χ2v) is 7.28. The predicted octanol–water partition coefficient (Wildman–Crippen LogP) is 3.47. The normalized spacial score (nSPS) is 25.8. The Bertz CT molecular complexity index is 560. The third-order valence-corrected chi connectivity index (χ3v) is 5.51. The summed E-state index contributed by atoms with van der Waals surface area (Å²) in [4.78, 5) is 14.6. The van der Waals surface area contributed by atoms with Gasteiger partial charge in [0.15, 0.2) is 0 Å². The lowest BCUT2D eigenvalue weighted by atomic mass is 9.97. The minimum atomic E-state index is -0.228. The number of carbonyl (C=O) groups is 1. The molecule has 1 amide bonds. The van der Waals surface area contributed by atoms with Gasteiger partial charge in [0.1, 0.15) is 5.82 Å². The zero-order chi connectivity index (χ0) is 15.7. The van der Waals surface area contributed by atoms with Crippen molar-refractivity contribution in [2.24, 2.45) is 0 Å². The number of halogens is 2. The van der Waals surface area contributed by atoms with Crippen LogP contribution in [-0.4, -0.2) is 42.2 Å². The SMILES string of the molecule is CSCc1cc(C(=O)N(C)C2CC3CCC(C2)N3)ccc1F.Cl. The van der Waals surface area contributed by atoms with E-state index in [1.165, 1.54) is 18.9 Å². The highest BCUT2D eigenvalue weighted by Gasteiger charge is 2.36. The summed E-state index contributed by atoms with van der Waals surface area (Å²) in [5.41, 5.74) is 1.20. The molecule has 3 nitrogen and oxygen atoms in total. The molecule has 2 atom stereocenters. The standard InChI is InChI=1S/C17H23FN2OS.ClH/c1-20(15-8-13-4-5-14(9-15)19-13)17(21)11-3-6-16(18)12(7-11)10-22-2;/h3,6-7,13-15,19H,4-5,8-10H2,1-2H3;1H. The molecular formula is C17H24ClFN2OS. The molecule has 2 aliphatic heterocycles. The molecule has 23 heavy (non-hydrogen) atoms. The first-order chi connectivity index (χ1) is 10.6. The minimum Gasteiger partial charge on any atom is -0.339 e. The number of rotatable bonds is 4. The fourth-order valence-electron chi connectivity index (χ4n) is 3.69. The Morgan fingerprint density at radius 3 is 2.61 bits per heavy atom. The van der Waals surface area contributed by atoms with E-state index >= 15 is 0 Å². The highest BCUT2D eigenvalue weighted by atomic mass is 35.5. The molecule has 0 spiro atoms. The van der Waals surface area contributed by atoms with Crippen LogP contribution in [0.25, 0.3) is 0 Å². The first-order valence-electron chi connectivity index (χ1n) is 7.89. The highest BCUT2D eigenvalue weighted by molar-refractivity contribution is 7.97. The van der Waals surface area contributed by atoms with Gasteiger partial charge in [-0.05, 0) is 55.7 Å². The molecule has 2 aliphatic rings. The molecule has 0 radical (unpaired) electrons. The van der Waals surface area contributed by atoms with Gasteiger partial charge in [0.25, 0.3) is 5.91 Å². The number of carbonyl (C=O) groups excluding carboxylic acids is 1. The first kappa shape index (κ1) is 18.6. The van der Waals surface area contributed by atoms with Gasteiger partial charge in [-0.1, -0.05) is 0 Å². The number of fused-ring (bicyclic) bond motifs is 2. The lowest BCUT2D eigenvalue weighted by molar-refractivity contribution is 0.0681. The lowest BCUT2D eigenvalue weighted by Gasteiger charge is -2.35. The van der Waals surface area contributed by atoms with E-state index in [9.17, 15) is 9.18 Å². The summed E-state index contributed by atoms with van der Waals surface area (Å²) in [6.45, 7) is 0. The maximum Gasteiger partial charge on any atom is 0.253 e. The molecule has 6 heteroatoms. The Morgan fingerprint density at radius 1 is 1.35 bits per heavy atom. The summed E-state index contributed by atoms with van der Waals surface area (Å²) < 4.78 is 13.7. The van der Waals surface area contributed by atoms with Crippen molar-refractivity contribution in [1.29, 1.82) is 0 Å². The van der Waals surface area contributed by atoms with Gasteiger partial charge in [0.2, 0.25) is 0 Å². The molecule has 1 N–H and O–H groups in total. The second kappa shape index (κ2) is 7.86. The molecule has 1 aromatic rings. The van der Waals surface area contributed by atoms with Crippen molar-refractivity contribution < 1.29 is 9.18 Å². The van der Waals surface area contributed by atoms with Gasteiger partial charge < -0.3 is 10.2 Å². The molecule has 2 bridgehead atoms. The Balaban J connectivity index is 0.00000192. The zero-order valence-electron chi connectivity index (χ0n) is 13.5. The second-order valence-electron chi connectivity index (χ2n) is 6.42. The van der Waals surface area contributed by atoms with E-state index < -0.39 is 0 Å². The summed E-state index contributed by atoms with van der Waals surface area (Å²) in [7, 11) is 1.88. The average molecular weight is 359 g/mol. The maximum atomic E-state index is 13.7. The van der Waals surface area contributed by atoms with E-state index in [1.807, 2.05) is 18.2 Å². The van der Waals surface area contributed by atoms with Gasteiger partial charge in [0, 0.05) is 36.5 Å². The van der Waals surface area contributed by atoms with Crippen molar-refractivity contribution >= 4 is 30.1 Å². The zero-order valence-corrected chi connectivity index (χ0v) is 15.2. The van der Waals surface area contributed by atoms with Crippen LogP contribution >= 0.6 is 24.2 Å². The third-order valence-electron chi connectivity index (χ3n) is 4.91. The number of nitrogens with zero attached hydrogens (tertiary/aromatic N) is 1. The van der Waals surface area contributed by atoms with Gasteiger partial charge >= 0.3 is 0 Å². The highest BCUT2D eigenvalue weighted by Crippen LogP contribution is 2.30. The lowest BCUT2D eigenvalue weighted by Crippen LogP contribution is -2.48. The Kier molecular flexibility index (Phi) is 6.34. The van der Waals surface area contributed by atoms with Crippen LogP contribution in [0, 0.1) is 5.82 Å². The Morgan fingerprint density at radius 2 is 2.00 bits per heavy atom. The maximum absolute atomic E-state index is 13.7. The van der Waals surface area contributed by atoms with Crippen LogP contribution in [0.4, 0.5) is 4.39 Å². The smallest absolute Gasteiger partial charge is 0.253 e. The van der Waals surface area contributed by atoms with Crippen molar-refractivity contribution in [3.05, 3.63) is 35.1 Å². The van der Waals surface area contributed by atoms with Crippen LogP contribution in [0.15, 0.2) is 18.2 Å². The summed E-state index contributed by atoms with van der Waals surface area (Å²) in [6.07, 6.45) is 6.43. The molecular weight excluding hydrogens is 335 g/mol. The van der Waals surface area contributed by atoms with E-state index in [2.05, 4.69) is 5.32 Å². The molecule has 0 aromatic heterocycles. The van der Waals surface area contributed by atoms with Crippen LogP contribution in [0.3, 0.4) is 0 Å². The fraction of sp³-hybridized carbons (Fsp3) is 0.588. The van der Waals surface area contributed by atoms with Crippen LogP contribution in [-0.2, 0) is 5.75 Å². The number of thioether (sulfide) groups is 1. The Hall–Kier alpha value is -0.780. The van der Waals surface area contributed by atoms with E-state index in [4.69, 9.17) is 0 Å². The summed E-state index contributed by atoms with van der Waals surface area (Å²) >= 11 is 1.56. The van der Waals surface area contributed by atoms with Crippen molar-refractivity contribution in [2.45, 2.75) is 49.6 Å². The summed E-state index contributed by atoms with van der Waals surface area (Å²) in [6, 6.07) is 6.13. The van der Waals surface area contributed by atoms with Crippen molar-refractivity contribution in [3.8, 4) is 0 Å². The van der Waals surface area contributed by atoms with Crippen molar-refractivity contribution in [3.63, 3.8) is 0 Å². The molecule has 3 rings (SSSR count). The summed E-state index contributed by atoms with van der Waals surface area (Å²) in [5.74, 6) is 0.371. The average Bonchev–Trinajstić information content (AvgIpc) is 2.86. The molecule has 0 saturated carbocycles. The van der Waals surface area contributed by atoms with Gasteiger partial charge in [-0.2, -0.15) is 11.8 Å². The van der Waals surface area contributed by atoms with Gasteiger partial charge in [-0.25, -0.2) is 4.39 Å². The molecule has 128 valence electrons. The number of hydrogen-bond donors (Lipinski definition) is 1. The number of amides is 1. The van der Waals surface area contributed by atoms with Crippen LogP contribution in [0.5, 0.6) is 0 Å². The molecule has 2 heterocycles. The summed E-state index contributed by atoms with van der Waals surface area (Å²) in [5, 5.41) is 3.60. The largest absolute Gasteiger partial charge is 0.339 e. The monoisotopic (exact) mass is 358 g/mol. The van der Waals surface area contributed by atoms with Crippen molar-refractivity contribution in [1.82, 2.24) is 10.2 Å². The van der Waals surface area contributed by atoms with Crippen LogP contribution in [0.1, 0.15) is 41.6 Å². The molecule has 2 fully saturated rings. The van der Waals surface area contributed by atoms with Gasteiger partial charge in [0.05, 0.1) is 0 Å². The Labute approximate surface area is 147 Å². The van der Waals surface area contributed by atoms with Crippen LogP contribution < -0.4 is 5.32 Å². The van der Waals surface area contributed by atoms with Gasteiger partial charge in [-0.15, -0.1) is 12.4 Å². The number of hydrogen-bond acceptors (Lipinski definition) is 3. The fourth-order valence-corrected chi connectivity index (χ4v) is 4.22. The third kappa shape index (κ3) is 4.01. The predicted molar refractivity (Wildman–Crippen MR) is 95.9 cm³/mol. The molecule has 2 saturated heterocycles. The number of nitrogens with one attached hydrogen (secondary N) is 1. The van der Waals surface area contributed by atoms with Crippen LogP contribution in [0.2, 0.25) is 0 Å². The molecule has 1 aromatic carbocycles. The molecule has 0 aliphatic carbocycles. The first-order valence-corrected chi connectivity index (χ1v) is 9.28. The van der Waals surface area contributed by atoms with E-state index in [0.717, 1.165) is 12.8 Å². The number of piperidine rings is 1. The van der Waals surface area contributed by atoms with Gasteiger partial charge in [-0.3, -0.25) is 4.79 Å².